The molecule has 5 heteroatoms. The third kappa shape index (κ3) is 5.01. The Morgan fingerprint density at radius 1 is 0.871 bits per heavy atom. The Morgan fingerprint density at radius 3 is 2.13 bits per heavy atom. The van der Waals surface area contributed by atoms with Gasteiger partial charge in [-0.2, -0.15) is 0 Å². The van der Waals surface area contributed by atoms with Crippen molar-refractivity contribution >= 4 is 11.6 Å². The van der Waals surface area contributed by atoms with E-state index in [0.29, 0.717) is 23.8 Å². The van der Waals surface area contributed by atoms with Gasteiger partial charge in [-0.05, 0) is 69.3 Å². The number of aryl methyl sites for hydroxylation is 3. The fourth-order valence-electron chi connectivity index (χ4n) is 3.08. The van der Waals surface area contributed by atoms with Crippen LogP contribution in [0, 0.1) is 20.8 Å². The summed E-state index contributed by atoms with van der Waals surface area (Å²) >= 11 is 0. The number of hydrogen-bond acceptors (Lipinski definition) is 4. The van der Waals surface area contributed by atoms with Crippen LogP contribution in [0.4, 0.5) is 5.69 Å². The number of carbonyl (C=O) groups excluding carboxylic acids is 1. The van der Waals surface area contributed by atoms with Crippen molar-refractivity contribution in [1.82, 2.24) is 4.98 Å². The molecule has 0 aliphatic carbocycles. The van der Waals surface area contributed by atoms with Gasteiger partial charge < -0.3 is 14.5 Å². The van der Waals surface area contributed by atoms with E-state index in [1.165, 1.54) is 5.56 Å². The zero-order chi connectivity index (χ0) is 21.8. The summed E-state index contributed by atoms with van der Waals surface area (Å²) in [6.07, 6.45) is 0. The molecular formula is C26H24N2O3. The Labute approximate surface area is 181 Å². The summed E-state index contributed by atoms with van der Waals surface area (Å²) in [6.45, 7) is 6.24. The first-order valence-corrected chi connectivity index (χ1v) is 10.1. The van der Waals surface area contributed by atoms with Crippen molar-refractivity contribution in [3.63, 3.8) is 0 Å². The van der Waals surface area contributed by atoms with Crippen LogP contribution in [0.3, 0.4) is 0 Å². The van der Waals surface area contributed by atoms with Gasteiger partial charge in [0.15, 0.2) is 0 Å². The van der Waals surface area contributed by atoms with E-state index in [2.05, 4.69) is 10.3 Å². The molecule has 0 saturated heterocycles. The zero-order valence-corrected chi connectivity index (χ0v) is 17.8. The molecule has 0 bridgehead atoms. The van der Waals surface area contributed by atoms with E-state index in [1.807, 2.05) is 81.4 Å². The first-order valence-electron chi connectivity index (χ1n) is 10.1. The maximum absolute atomic E-state index is 12.5. The summed E-state index contributed by atoms with van der Waals surface area (Å²) in [4.78, 5) is 17.1. The lowest BCUT2D eigenvalue weighted by Crippen LogP contribution is -2.11. The van der Waals surface area contributed by atoms with Crippen molar-refractivity contribution in [2.45, 2.75) is 27.4 Å². The number of nitrogens with zero attached hydrogens (tertiary/aromatic N) is 1. The molecule has 0 radical (unpaired) electrons. The van der Waals surface area contributed by atoms with Crippen molar-refractivity contribution in [1.29, 1.82) is 0 Å². The molecule has 1 aromatic heterocycles. The molecule has 0 unspecified atom stereocenters. The van der Waals surface area contributed by atoms with Gasteiger partial charge in [-0.15, -0.1) is 0 Å². The predicted octanol–water partition coefficient (Wildman–Crippen LogP) is 6.10. The normalized spacial score (nSPS) is 10.7. The Bertz CT molecular complexity index is 1180. The Morgan fingerprint density at radius 2 is 1.48 bits per heavy atom. The molecule has 0 fully saturated rings. The van der Waals surface area contributed by atoms with E-state index >= 15 is 0 Å². The number of hydrogen-bond donors (Lipinski definition) is 1. The van der Waals surface area contributed by atoms with Crippen molar-refractivity contribution < 1.29 is 13.9 Å². The first-order chi connectivity index (χ1) is 15.0. The van der Waals surface area contributed by atoms with E-state index in [1.54, 1.807) is 12.1 Å². The van der Waals surface area contributed by atoms with E-state index < -0.39 is 0 Å². The Hall–Kier alpha value is -3.86. The second-order valence-corrected chi connectivity index (χ2v) is 7.52. The maximum atomic E-state index is 12.5. The van der Waals surface area contributed by atoms with Crippen LogP contribution in [-0.2, 0) is 6.61 Å². The maximum Gasteiger partial charge on any atom is 0.255 e. The minimum atomic E-state index is -0.161. The first kappa shape index (κ1) is 20.4. The highest BCUT2D eigenvalue weighted by molar-refractivity contribution is 6.04. The lowest BCUT2D eigenvalue weighted by atomic mass is 10.1. The monoisotopic (exact) mass is 412 g/mol. The van der Waals surface area contributed by atoms with Crippen LogP contribution in [0.5, 0.6) is 5.75 Å². The van der Waals surface area contributed by atoms with Gasteiger partial charge in [-0.1, -0.05) is 35.4 Å². The summed E-state index contributed by atoms with van der Waals surface area (Å²) in [5, 5.41) is 2.90. The smallest absolute Gasteiger partial charge is 0.255 e. The molecule has 156 valence electrons. The van der Waals surface area contributed by atoms with Crippen LogP contribution >= 0.6 is 0 Å². The molecule has 31 heavy (non-hydrogen) atoms. The highest BCUT2D eigenvalue weighted by Gasteiger charge is 2.13. The van der Waals surface area contributed by atoms with E-state index in [9.17, 15) is 4.79 Å². The van der Waals surface area contributed by atoms with Crippen LogP contribution in [0.2, 0.25) is 0 Å². The Kier molecular flexibility index (Phi) is 5.85. The Balaban J connectivity index is 1.42. The molecular weight excluding hydrogens is 388 g/mol. The average Bonchev–Trinajstić information content (AvgIpc) is 3.15. The topological polar surface area (TPSA) is 64.4 Å². The van der Waals surface area contributed by atoms with Crippen molar-refractivity contribution in [2.24, 2.45) is 0 Å². The van der Waals surface area contributed by atoms with E-state index in [-0.39, 0.29) is 5.91 Å². The minimum absolute atomic E-state index is 0.161. The minimum Gasteiger partial charge on any atom is -0.487 e. The van der Waals surface area contributed by atoms with Crippen molar-refractivity contribution in [3.05, 3.63) is 101 Å². The van der Waals surface area contributed by atoms with Gasteiger partial charge in [0.05, 0.1) is 0 Å². The molecule has 0 aliphatic heterocycles. The molecule has 0 atom stereocenters. The van der Waals surface area contributed by atoms with Gasteiger partial charge in [-0.3, -0.25) is 4.79 Å². The second kappa shape index (κ2) is 8.88. The third-order valence-corrected chi connectivity index (χ3v) is 4.99. The van der Waals surface area contributed by atoms with Gasteiger partial charge in [-0.25, -0.2) is 4.98 Å². The van der Waals surface area contributed by atoms with E-state index in [4.69, 9.17) is 9.15 Å². The SMILES string of the molecule is Cc1ccc(NC(=O)c2ccc(-c3nc(COc4ccc(C)cc4)c(C)o3)cc2)cc1. The van der Waals surface area contributed by atoms with E-state index in [0.717, 1.165) is 28.3 Å². The van der Waals surface area contributed by atoms with Gasteiger partial charge in [0.1, 0.15) is 23.8 Å². The van der Waals surface area contributed by atoms with Crippen molar-refractivity contribution in [3.8, 4) is 17.2 Å². The largest absolute Gasteiger partial charge is 0.487 e. The standard InChI is InChI=1S/C26H24N2O3/c1-17-4-12-22(13-5-17)27-25(29)20-8-10-21(11-9-20)26-28-24(19(3)31-26)16-30-23-14-6-18(2)7-15-23/h4-15H,16H2,1-3H3,(H,27,29). The lowest BCUT2D eigenvalue weighted by molar-refractivity contribution is 0.102. The number of rotatable bonds is 6. The molecule has 0 spiro atoms. The number of nitrogens with one attached hydrogen (secondary N) is 1. The predicted molar refractivity (Wildman–Crippen MR) is 121 cm³/mol. The molecule has 1 amide bonds. The highest BCUT2D eigenvalue weighted by Crippen LogP contribution is 2.24. The van der Waals surface area contributed by atoms with Gasteiger partial charge in [0, 0.05) is 16.8 Å². The van der Waals surface area contributed by atoms with Crippen LogP contribution < -0.4 is 10.1 Å². The molecule has 3 aromatic carbocycles. The van der Waals surface area contributed by atoms with Crippen LogP contribution in [-0.4, -0.2) is 10.9 Å². The second-order valence-electron chi connectivity index (χ2n) is 7.52. The number of carbonyl (C=O) groups is 1. The number of oxazole rings is 1. The lowest BCUT2D eigenvalue weighted by Gasteiger charge is -2.06. The molecule has 4 aromatic rings. The number of amides is 1. The number of benzene rings is 3. The quantitative estimate of drug-likeness (QED) is 0.416. The molecule has 0 saturated carbocycles. The third-order valence-electron chi connectivity index (χ3n) is 4.99. The van der Waals surface area contributed by atoms with Crippen LogP contribution in [0.25, 0.3) is 11.5 Å². The van der Waals surface area contributed by atoms with Crippen molar-refractivity contribution in [2.75, 3.05) is 5.32 Å². The molecule has 5 nitrogen and oxygen atoms in total. The molecule has 1 N–H and O–H groups in total. The van der Waals surface area contributed by atoms with Crippen LogP contribution in [0.1, 0.15) is 32.9 Å². The zero-order valence-electron chi connectivity index (χ0n) is 17.8. The number of anilines is 1. The number of aromatic nitrogens is 1. The molecule has 4 rings (SSSR count). The summed E-state index contributed by atoms with van der Waals surface area (Å²) < 4.78 is 11.6. The molecule has 0 aliphatic rings. The summed E-state index contributed by atoms with van der Waals surface area (Å²) in [7, 11) is 0. The van der Waals surface area contributed by atoms with Gasteiger partial charge in [0.25, 0.3) is 5.91 Å². The molecule has 1 heterocycles. The van der Waals surface area contributed by atoms with Crippen LogP contribution in [0.15, 0.2) is 77.2 Å². The fourth-order valence-corrected chi connectivity index (χ4v) is 3.08. The van der Waals surface area contributed by atoms with Gasteiger partial charge >= 0.3 is 0 Å². The number of ether oxygens (including phenoxy) is 1. The highest BCUT2D eigenvalue weighted by atomic mass is 16.5. The average molecular weight is 412 g/mol. The summed E-state index contributed by atoms with van der Waals surface area (Å²) in [6, 6.07) is 22.8. The summed E-state index contributed by atoms with van der Waals surface area (Å²) in [5.41, 5.74) is 5.21. The summed E-state index contributed by atoms with van der Waals surface area (Å²) in [5.74, 6) is 1.85. The van der Waals surface area contributed by atoms with Gasteiger partial charge in [0.2, 0.25) is 5.89 Å². The fraction of sp³-hybridized carbons (Fsp3) is 0.154.